The normalized spacial score (nSPS) is 11.2. The molecule has 2 amide bonds. The minimum Gasteiger partial charge on any atom is -0.359 e. The summed E-state index contributed by atoms with van der Waals surface area (Å²) < 4.78 is 6.01. The van der Waals surface area contributed by atoms with Crippen LogP contribution < -0.4 is 10.6 Å². The SMILES string of the molecule is CC(C)(C)c1cc(NC(=O)Nc2ccccc2Br)no1. The highest BCUT2D eigenvalue weighted by Gasteiger charge is 2.20. The first-order valence-electron chi connectivity index (χ1n) is 6.16. The van der Waals surface area contributed by atoms with E-state index in [1.165, 1.54) is 0 Å². The van der Waals surface area contributed by atoms with Gasteiger partial charge < -0.3 is 9.84 Å². The van der Waals surface area contributed by atoms with Gasteiger partial charge in [-0.05, 0) is 28.1 Å². The largest absolute Gasteiger partial charge is 0.359 e. The third kappa shape index (κ3) is 3.60. The maximum absolute atomic E-state index is 11.9. The minimum atomic E-state index is -0.370. The van der Waals surface area contributed by atoms with Gasteiger partial charge in [-0.2, -0.15) is 0 Å². The van der Waals surface area contributed by atoms with Gasteiger partial charge in [-0.15, -0.1) is 0 Å². The third-order valence-electron chi connectivity index (χ3n) is 2.61. The lowest BCUT2D eigenvalue weighted by Crippen LogP contribution is -2.19. The first-order valence-corrected chi connectivity index (χ1v) is 6.95. The number of amides is 2. The molecule has 106 valence electrons. The minimum absolute atomic E-state index is 0.147. The van der Waals surface area contributed by atoms with Crippen molar-refractivity contribution in [2.75, 3.05) is 10.6 Å². The summed E-state index contributed by atoms with van der Waals surface area (Å²) >= 11 is 3.36. The van der Waals surface area contributed by atoms with Crippen LogP contribution in [0.3, 0.4) is 0 Å². The van der Waals surface area contributed by atoms with Crippen LogP contribution in [0, 0.1) is 0 Å². The van der Waals surface area contributed by atoms with E-state index in [1.807, 2.05) is 39.0 Å². The van der Waals surface area contributed by atoms with Crippen LogP contribution in [0.25, 0.3) is 0 Å². The molecule has 20 heavy (non-hydrogen) atoms. The lowest BCUT2D eigenvalue weighted by molar-refractivity contribution is 0.262. The van der Waals surface area contributed by atoms with E-state index >= 15 is 0 Å². The predicted molar refractivity (Wildman–Crippen MR) is 82.0 cm³/mol. The molecular formula is C14H16BrN3O2. The van der Waals surface area contributed by atoms with E-state index in [0.29, 0.717) is 17.3 Å². The Morgan fingerprint density at radius 1 is 1.25 bits per heavy atom. The van der Waals surface area contributed by atoms with Crippen LogP contribution >= 0.6 is 15.9 Å². The maximum Gasteiger partial charge on any atom is 0.324 e. The van der Waals surface area contributed by atoms with Crippen molar-refractivity contribution in [3.63, 3.8) is 0 Å². The van der Waals surface area contributed by atoms with Crippen molar-refractivity contribution in [3.05, 3.63) is 40.6 Å². The maximum atomic E-state index is 11.9. The van der Waals surface area contributed by atoms with Crippen molar-refractivity contribution in [2.45, 2.75) is 26.2 Å². The summed E-state index contributed by atoms with van der Waals surface area (Å²) in [5.41, 5.74) is 0.538. The van der Waals surface area contributed by atoms with Crippen LogP contribution in [0.5, 0.6) is 0 Å². The van der Waals surface area contributed by atoms with Crippen molar-refractivity contribution in [2.24, 2.45) is 0 Å². The van der Waals surface area contributed by atoms with Crippen LogP contribution in [0.1, 0.15) is 26.5 Å². The molecule has 2 rings (SSSR count). The Morgan fingerprint density at radius 2 is 1.95 bits per heavy atom. The molecule has 0 radical (unpaired) electrons. The molecule has 1 aromatic carbocycles. The molecule has 0 atom stereocenters. The smallest absolute Gasteiger partial charge is 0.324 e. The molecule has 6 heteroatoms. The number of aromatic nitrogens is 1. The van der Waals surface area contributed by atoms with Gasteiger partial charge in [0.2, 0.25) is 0 Å². The summed E-state index contributed by atoms with van der Waals surface area (Å²) in [4.78, 5) is 11.9. The number of benzene rings is 1. The number of nitrogens with zero attached hydrogens (tertiary/aromatic N) is 1. The van der Waals surface area contributed by atoms with E-state index in [-0.39, 0.29) is 11.4 Å². The third-order valence-corrected chi connectivity index (χ3v) is 3.30. The van der Waals surface area contributed by atoms with Crippen molar-refractivity contribution in [3.8, 4) is 0 Å². The van der Waals surface area contributed by atoms with Crippen LogP contribution in [-0.4, -0.2) is 11.2 Å². The molecule has 0 saturated carbocycles. The number of hydrogen-bond donors (Lipinski definition) is 2. The lowest BCUT2D eigenvalue weighted by Gasteiger charge is -2.12. The van der Waals surface area contributed by atoms with Crippen LogP contribution in [0.4, 0.5) is 16.3 Å². The predicted octanol–water partition coefficient (Wildman–Crippen LogP) is 4.38. The van der Waals surface area contributed by atoms with Gasteiger partial charge in [-0.1, -0.05) is 38.1 Å². The zero-order chi connectivity index (χ0) is 14.8. The van der Waals surface area contributed by atoms with Crippen LogP contribution in [0.2, 0.25) is 0 Å². The molecule has 0 spiro atoms. The number of rotatable bonds is 2. The molecule has 0 unspecified atom stereocenters. The van der Waals surface area contributed by atoms with Gasteiger partial charge in [0, 0.05) is 16.0 Å². The van der Waals surface area contributed by atoms with Gasteiger partial charge in [0.05, 0.1) is 5.69 Å². The molecular weight excluding hydrogens is 322 g/mol. The van der Waals surface area contributed by atoms with Gasteiger partial charge in [0.25, 0.3) is 0 Å². The highest BCUT2D eigenvalue weighted by Crippen LogP contribution is 2.25. The molecule has 0 aliphatic heterocycles. The highest BCUT2D eigenvalue weighted by atomic mass is 79.9. The van der Waals surface area contributed by atoms with Gasteiger partial charge in [0.1, 0.15) is 5.76 Å². The number of halogens is 1. The molecule has 0 saturated heterocycles. The summed E-state index contributed by atoms with van der Waals surface area (Å²) in [5, 5.41) is 9.19. The van der Waals surface area contributed by atoms with E-state index in [2.05, 4.69) is 31.7 Å². The van der Waals surface area contributed by atoms with Crippen LogP contribution in [-0.2, 0) is 5.41 Å². The Balaban J connectivity index is 2.02. The average molecular weight is 338 g/mol. The molecule has 0 bridgehead atoms. The quantitative estimate of drug-likeness (QED) is 0.854. The number of carbonyl (C=O) groups is 1. The molecule has 2 N–H and O–H groups in total. The lowest BCUT2D eigenvalue weighted by atomic mass is 9.93. The van der Waals surface area contributed by atoms with Crippen molar-refractivity contribution in [1.29, 1.82) is 0 Å². The topological polar surface area (TPSA) is 67.2 Å². The monoisotopic (exact) mass is 337 g/mol. The van der Waals surface area contributed by atoms with E-state index in [1.54, 1.807) is 12.1 Å². The molecule has 1 heterocycles. The Labute approximate surface area is 125 Å². The fourth-order valence-corrected chi connectivity index (χ4v) is 1.90. The number of anilines is 2. The first kappa shape index (κ1) is 14.6. The Morgan fingerprint density at radius 3 is 2.55 bits per heavy atom. The first-order chi connectivity index (χ1) is 9.36. The Kier molecular flexibility index (Phi) is 4.13. The second-order valence-corrected chi connectivity index (χ2v) is 6.24. The Bertz CT molecular complexity index is 617. The molecule has 0 fully saturated rings. The standard InChI is InChI=1S/C14H16BrN3O2/c1-14(2,3)11-8-12(18-20-11)17-13(19)16-10-7-5-4-6-9(10)15/h4-8H,1-3H3,(H2,16,17,18,19). The summed E-state index contributed by atoms with van der Waals surface area (Å²) in [6, 6.07) is 8.72. The zero-order valence-corrected chi connectivity index (χ0v) is 13.1. The summed E-state index contributed by atoms with van der Waals surface area (Å²) in [6.45, 7) is 6.04. The van der Waals surface area contributed by atoms with Gasteiger partial charge >= 0.3 is 6.03 Å². The fourth-order valence-electron chi connectivity index (χ4n) is 1.52. The molecule has 0 aliphatic carbocycles. The molecule has 5 nitrogen and oxygen atoms in total. The number of carbonyl (C=O) groups excluding carboxylic acids is 1. The average Bonchev–Trinajstić information content (AvgIpc) is 2.80. The number of nitrogens with one attached hydrogen (secondary N) is 2. The summed E-state index contributed by atoms with van der Waals surface area (Å²) in [7, 11) is 0. The fraction of sp³-hybridized carbons (Fsp3) is 0.286. The summed E-state index contributed by atoms with van der Waals surface area (Å²) in [6.07, 6.45) is 0. The second kappa shape index (κ2) is 5.66. The zero-order valence-electron chi connectivity index (χ0n) is 11.5. The van der Waals surface area contributed by atoms with E-state index in [4.69, 9.17) is 4.52 Å². The molecule has 2 aromatic rings. The van der Waals surface area contributed by atoms with E-state index in [0.717, 1.165) is 4.47 Å². The van der Waals surface area contributed by atoms with Crippen molar-refractivity contribution < 1.29 is 9.32 Å². The highest BCUT2D eigenvalue weighted by molar-refractivity contribution is 9.10. The van der Waals surface area contributed by atoms with Gasteiger partial charge in [-0.3, -0.25) is 5.32 Å². The number of para-hydroxylation sites is 1. The molecule has 0 aliphatic rings. The molecule has 1 aromatic heterocycles. The van der Waals surface area contributed by atoms with Gasteiger partial charge in [0.15, 0.2) is 5.82 Å². The van der Waals surface area contributed by atoms with E-state index in [9.17, 15) is 4.79 Å². The van der Waals surface area contributed by atoms with Crippen molar-refractivity contribution >= 4 is 33.5 Å². The van der Waals surface area contributed by atoms with Crippen molar-refractivity contribution in [1.82, 2.24) is 5.16 Å². The van der Waals surface area contributed by atoms with Crippen LogP contribution in [0.15, 0.2) is 39.3 Å². The summed E-state index contributed by atoms with van der Waals surface area (Å²) in [5.74, 6) is 1.10. The van der Waals surface area contributed by atoms with Gasteiger partial charge in [-0.25, -0.2) is 4.79 Å². The van der Waals surface area contributed by atoms with E-state index < -0.39 is 0 Å². The number of urea groups is 1. The number of hydrogen-bond acceptors (Lipinski definition) is 3. The Hall–Kier alpha value is -1.82. The second-order valence-electron chi connectivity index (χ2n) is 5.39.